The molecule has 1 atom stereocenters. The number of rotatable bonds is 7. The van der Waals surface area contributed by atoms with Crippen LogP contribution in [0.25, 0.3) is 0 Å². The zero-order valence-corrected chi connectivity index (χ0v) is 11.1. The average Bonchev–Trinajstić information content (AvgIpc) is 2.70. The summed E-state index contributed by atoms with van der Waals surface area (Å²) in [6, 6.07) is 2.13. The Morgan fingerprint density at radius 2 is 2.27 bits per heavy atom. The lowest BCUT2D eigenvalue weighted by Gasteiger charge is -2.16. The van der Waals surface area contributed by atoms with Gasteiger partial charge in [0.2, 0.25) is 0 Å². The van der Waals surface area contributed by atoms with Crippen LogP contribution in [0.15, 0.2) is 21.7 Å². The van der Waals surface area contributed by atoms with Crippen LogP contribution in [0.5, 0.6) is 0 Å². The monoisotopic (exact) mass is 246 g/mol. The van der Waals surface area contributed by atoms with E-state index in [1.54, 1.807) is 18.4 Å². The third kappa shape index (κ3) is 5.56. The largest absolute Gasteiger partial charge is 0.378 e. The number of hydrogen-bond acceptors (Lipinski definition) is 4. The molecule has 1 aromatic rings. The first-order valence-electron chi connectivity index (χ1n) is 5.01. The van der Waals surface area contributed by atoms with Crippen LogP contribution in [0, 0.1) is 0 Å². The zero-order chi connectivity index (χ0) is 11.1. The summed E-state index contributed by atoms with van der Waals surface area (Å²) in [7, 11) is 1.74. The minimum absolute atomic E-state index is 0.178. The molecule has 1 rings (SSSR count). The third-order valence-corrected chi connectivity index (χ3v) is 3.84. The van der Waals surface area contributed by atoms with E-state index in [0.717, 1.165) is 5.75 Å². The smallest absolute Gasteiger partial charge is 0.0898 e. The van der Waals surface area contributed by atoms with Crippen molar-refractivity contribution in [1.29, 1.82) is 0 Å². The molecule has 0 spiro atoms. The Hall–Kier alpha value is -0.0300. The fourth-order valence-electron chi connectivity index (χ4n) is 1.01. The van der Waals surface area contributed by atoms with Crippen LogP contribution in [0.4, 0.5) is 0 Å². The molecule has 0 aliphatic rings. The predicted molar refractivity (Wildman–Crippen MR) is 66.9 cm³/mol. The van der Waals surface area contributed by atoms with Gasteiger partial charge in [-0.3, -0.25) is 0 Å². The van der Waals surface area contributed by atoms with Gasteiger partial charge in [0.05, 0.1) is 18.8 Å². The van der Waals surface area contributed by atoms with Crippen LogP contribution >= 0.6 is 23.1 Å². The molecule has 2 nitrogen and oxygen atoms in total. The quantitative estimate of drug-likeness (QED) is 0.688. The molecule has 0 N–H and O–H groups in total. The predicted octanol–water partition coefficient (Wildman–Crippen LogP) is 3.28. The van der Waals surface area contributed by atoms with Crippen molar-refractivity contribution in [2.75, 3.05) is 19.5 Å². The highest BCUT2D eigenvalue weighted by Crippen LogP contribution is 2.22. The maximum absolute atomic E-state index is 5.53. The Kier molecular flexibility index (Phi) is 6.32. The summed E-state index contributed by atoms with van der Waals surface area (Å²) in [6.07, 6.45) is 0.450. The SMILES string of the molecule is COC(COC(C)C)CSc1ccsc1. The Labute approximate surface area is 100.0 Å². The van der Waals surface area contributed by atoms with E-state index in [1.807, 2.05) is 25.6 Å². The van der Waals surface area contributed by atoms with Crippen molar-refractivity contribution in [2.45, 2.75) is 31.0 Å². The molecule has 0 aliphatic carbocycles. The summed E-state index contributed by atoms with van der Waals surface area (Å²) in [5.74, 6) is 0.944. The van der Waals surface area contributed by atoms with Crippen LogP contribution in [-0.2, 0) is 9.47 Å². The summed E-state index contributed by atoms with van der Waals surface area (Å²) < 4.78 is 10.9. The van der Waals surface area contributed by atoms with Crippen LogP contribution in [0.2, 0.25) is 0 Å². The van der Waals surface area contributed by atoms with E-state index >= 15 is 0 Å². The Morgan fingerprint density at radius 1 is 1.47 bits per heavy atom. The second-order valence-corrected chi connectivity index (χ2v) is 5.38. The Morgan fingerprint density at radius 3 is 2.80 bits per heavy atom. The number of thiophene rings is 1. The van der Waals surface area contributed by atoms with E-state index in [-0.39, 0.29) is 12.2 Å². The third-order valence-electron chi connectivity index (χ3n) is 1.88. The van der Waals surface area contributed by atoms with Crippen LogP contribution < -0.4 is 0 Å². The fraction of sp³-hybridized carbons (Fsp3) is 0.636. The number of thioether (sulfide) groups is 1. The minimum atomic E-state index is 0.178. The number of hydrogen-bond donors (Lipinski definition) is 0. The molecule has 0 amide bonds. The summed E-state index contributed by atoms with van der Waals surface area (Å²) >= 11 is 3.54. The highest BCUT2D eigenvalue weighted by molar-refractivity contribution is 7.99. The highest BCUT2D eigenvalue weighted by atomic mass is 32.2. The van der Waals surface area contributed by atoms with Crippen molar-refractivity contribution >= 4 is 23.1 Å². The molecule has 0 saturated heterocycles. The van der Waals surface area contributed by atoms with Gasteiger partial charge in [-0.25, -0.2) is 0 Å². The van der Waals surface area contributed by atoms with Crippen molar-refractivity contribution in [3.63, 3.8) is 0 Å². The van der Waals surface area contributed by atoms with E-state index in [1.165, 1.54) is 4.90 Å². The second-order valence-electron chi connectivity index (χ2n) is 3.51. The van der Waals surface area contributed by atoms with E-state index < -0.39 is 0 Å². The lowest BCUT2D eigenvalue weighted by molar-refractivity contribution is -0.00478. The molecule has 0 aliphatic heterocycles. The summed E-state index contributed by atoms with van der Waals surface area (Å²) in [5, 5.41) is 4.25. The average molecular weight is 246 g/mol. The maximum atomic E-state index is 5.53. The van der Waals surface area contributed by atoms with Crippen molar-refractivity contribution < 1.29 is 9.47 Å². The maximum Gasteiger partial charge on any atom is 0.0898 e. The van der Waals surface area contributed by atoms with Crippen LogP contribution in [0.3, 0.4) is 0 Å². The van der Waals surface area contributed by atoms with E-state index in [4.69, 9.17) is 9.47 Å². The van der Waals surface area contributed by atoms with Gasteiger partial charge in [0.25, 0.3) is 0 Å². The Balaban J connectivity index is 2.22. The molecule has 1 heterocycles. The second kappa shape index (κ2) is 7.28. The van der Waals surface area contributed by atoms with Gasteiger partial charge in [0, 0.05) is 23.1 Å². The first kappa shape index (κ1) is 13.0. The van der Waals surface area contributed by atoms with Gasteiger partial charge in [0.1, 0.15) is 0 Å². The van der Waals surface area contributed by atoms with Gasteiger partial charge in [-0.15, -0.1) is 11.8 Å². The van der Waals surface area contributed by atoms with Gasteiger partial charge in [-0.1, -0.05) is 0 Å². The first-order chi connectivity index (χ1) is 7.22. The summed E-state index contributed by atoms with van der Waals surface area (Å²) in [5.41, 5.74) is 0. The molecule has 15 heavy (non-hydrogen) atoms. The van der Waals surface area contributed by atoms with Crippen LogP contribution in [-0.4, -0.2) is 31.7 Å². The topological polar surface area (TPSA) is 18.5 Å². The summed E-state index contributed by atoms with van der Waals surface area (Å²) in [6.45, 7) is 4.75. The molecule has 0 bridgehead atoms. The zero-order valence-electron chi connectivity index (χ0n) is 9.43. The van der Waals surface area contributed by atoms with Crippen molar-refractivity contribution in [3.8, 4) is 0 Å². The Bertz CT molecular complexity index is 247. The lowest BCUT2D eigenvalue weighted by Crippen LogP contribution is -2.23. The van der Waals surface area contributed by atoms with E-state index in [9.17, 15) is 0 Å². The minimum Gasteiger partial charge on any atom is -0.378 e. The fourth-order valence-corrected chi connectivity index (χ4v) is 2.82. The molecular weight excluding hydrogens is 228 g/mol. The molecule has 0 aromatic carbocycles. The molecule has 0 saturated carbocycles. The summed E-state index contributed by atoms with van der Waals surface area (Å²) in [4.78, 5) is 1.31. The number of methoxy groups -OCH3 is 1. The van der Waals surface area contributed by atoms with Gasteiger partial charge >= 0.3 is 0 Å². The van der Waals surface area contributed by atoms with Crippen LogP contribution in [0.1, 0.15) is 13.8 Å². The van der Waals surface area contributed by atoms with Gasteiger partial charge in [-0.2, -0.15) is 11.3 Å². The van der Waals surface area contributed by atoms with E-state index in [0.29, 0.717) is 6.61 Å². The standard InChI is InChI=1S/C11H18O2S2/c1-9(2)13-6-10(12-3)7-15-11-4-5-14-8-11/h4-5,8-10H,6-7H2,1-3H3. The van der Waals surface area contributed by atoms with E-state index in [2.05, 4.69) is 16.8 Å². The van der Waals surface area contributed by atoms with Gasteiger partial charge < -0.3 is 9.47 Å². The van der Waals surface area contributed by atoms with Gasteiger partial charge in [-0.05, 0) is 25.3 Å². The van der Waals surface area contributed by atoms with Crippen molar-refractivity contribution in [2.24, 2.45) is 0 Å². The molecule has 86 valence electrons. The molecule has 0 radical (unpaired) electrons. The molecule has 1 unspecified atom stereocenters. The van der Waals surface area contributed by atoms with Crippen molar-refractivity contribution in [1.82, 2.24) is 0 Å². The number of ether oxygens (including phenoxy) is 2. The first-order valence-corrected chi connectivity index (χ1v) is 6.94. The highest BCUT2D eigenvalue weighted by Gasteiger charge is 2.09. The normalized spacial score (nSPS) is 13.3. The lowest BCUT2D eigenvalue weighted by atomic mass is 10.4. The van der Waals surface area contributed by atoms with Gasteiger partial charge in [0.15, 0.2) is 0 Å². The molecule has 1 aromatic heterocycles. The molecular formula is C11H18O2S2. The molecule has 0 fully saturated rings. The molecule has 4 heteroatoms. The van der Waals surface area contributed by atoms with Crippen molar-refractivity contribution in [3.05, 3.63) is 16.8 Å².